The molecule has 3 aliphatic rings. The van der Waals surface area contributed by atoms with Crippen molar-refractivity contribution in [2.75, 3.05) is 26.9 Å². The van der Waals surface area contributed by atoms with Crippen LogP contribution in [0, 0.1) is 5.92 Å². The molecule has 1 aromatic rings. The van der Waals surface area contributed by atoms with E-state index in [-0.39, 0.29) is 17.4 Å². The molecule has 27 heavy (non-hydrogen) atoms. The summed E-state index contributed by atoms with van der Waals surface area (Å²) in [5, 5.41) is 6.88. The van der Waals surface area contributed by atoms with Crippen molar-refractivity contribution in [2.24, 2.45) is 5.92 Å². The van der Waals surface area contributed by atoms with Gasteiger partial charge in [0.25, 0.3) is 0 Å². The first-order valence-corrected chi connectivity index (χ1v) is 10.5. The Kier molecular flexibility index (Phi) is 5.69. The van der Waals surface area contributed by atoms with Crippen molar-refractivity contribution >= 4 is 5.91 Å². The van der Waals surface area contributed by atoms with Gasteiger partial charge < -0.3 is 20.1 Å². The van der Waals surface area contributed by atoms with Gasteiger partial charge in [0, 0.05) is 31.2 Å². The fourth-order valence-corrected chi connectivity index (χ4v) is 5.17. The van der Waals surface area contributed by atoms with Gasteiger partial charge in [-0.05, 0) is 55.7 Å². The predicted molar refractivity (Wildman–Crippen MR) is 105 cm³/mol. The Bertz CT molecular complexity index is 625. The van der Waals surface area contributed by atoms with E-state index in [1.165, 1.54) is 31.2 Å². The van der Waals surface area contributed by atoms with Crippen LogP contribution in [0.25, 0.3) is 0 Å². The fraction of sp³-hybridized carbons (Fsp3) is 0.682. The summed E-state index contributed by atoms with van der Waals surface area (Å²) in [5.74, 6) is 1.72. The van der Waals surface area contributed by atoms with Crippen molar-refractivity contribution in [3.05, 3.63) is 29.8 Å². The monoisotopic (exact) mass is 372 g/mol. The van der Waals surface area contributed by atoms with E-state index in [0.29, 0.717) is 18.5 Å². The van der Waals surface area contributed by atoms with Crippen LogP contribution in [0.2, 0.25) is 0 Å². The summed E-state index contributed by atoms with van der Waals surface area (Å²) in [6.07, 6.45) is 7.97. The molecular weight excluding hydrogens is 340 g/mol. The maximum Gasteiger partial charge on any atom is 0.237 e. The van der Waals surface area contributed by atoms with Crippen LogP contribution >= 0.6 is 0 Å². The second kappa shape index (κ2) is 8.19. The van der Waals surface area contributed by atoms with Crippen LogP contribution in [-0.2, 0) is 14.9 Å². The second-order valence-corrected chi connectivity index (χ2v) is 8.44. The van der Waals surface area contributed by atoms with E-state index < -0.39 is 0 Å². The van der Waals surface area contributed by atoms with Gasteiger partial charge in [0.05, 0.1) is 13.2 Å². The van der Waals surface area contributed by atoms with Gasteiger partial charge in [-0.2, -0.15) is 0 Å². The molecule has 5 nitrogen and oxygen atoms in total. The minimum Gasteiger partial charge on any atom is -0.497 e. The predicted octanol–water partition coefficient (Wildman–Crippen LogP) is 2.78. The number of hydrogen-bond acceptors (Lipinski definition) is 4. The smallest absolute Gasteiger partial charge is 0.237 e. The van der Waals surface area contributed by atoms with Gasteiger partial charge >= 0.3 is 0 Å². The molecule has 2 saturated heterocycles. The Morgan fingerprint density at radius 2 is 1.96 bits per heavy atom. The quantitative estimate of drug-likeness (QED) is 0.834. The number of carbonyl (C=O) groups is 1. The van der Waals surface area contributed by atoms with Crippen LogP contribution in [0.3, 0.4) is 0 Å². The molecule has 0 spiro atoms. The Morgan fingerprint density at radius 3 is 2.67 bits per heavy atom. The van der Waals surface area contributed by atoms with Crippen LogP contribution in [-0.4, -0.2) is 44.9 Å². The van der Waals surface area contributed by atoms with Gasteiger partial charge in [-0.1, -0.05) is 25.0 Å². The highest BCUT2D eigenvalue weighted by atomic mass is 16.5. The molecule has 3 atom stereocenters. The van der Waals surface area contributed by atoms with Crippen molar-refractivity contribution in [1.29, 1.82) is 0 Å². The fourth-order valence-electron chi connectivity index (χ4n) is 5.17. The summed E-state index contributed by atoms with van der Waals surface area (Å²) in [7, 11) is 1.69. The van der Waals surface area contributed by atoms with Crippen LogP contribution in [0.4, 0.5) is 0 Å². The molecule has 2 heterocycles. The highest BCUT2D eigenvalue weighted by Gasteiger charge is 2.40. The molecule has 1 aliphatic carbocycles. The van der Waals surface area contributed by atoms with Gasteiger partial charge in [-0.3, -0.25) is 4.79 Å². The number of fused-ring (bicyclic) bond motifs is 1. The highest BCUT2D eigenvalue weighted by Crippen LogP contribution is 2.36. The molecule has 0 bridgehead atoms. The number of benzene rings is 1. The Morgan fingerprint density at radius 1 is 1.22 bits per heavy atom. The molecule has 5 heteroatoms. The van der Waals surface area contributed by atoms with E-state index in [4.69, 9.17) is 9.47 Å². The van der Waals surface area contributed by atoms with Gasteiger partial charge in [0.1, 0.15) is 5.75 Å². The number of ether oxygens (including phenoxy) is 2. The largest absolute Gasteiger partial charge is 0.497 e. The van der Waals surface area contributed by atoms with E-state index >= 15 is 0 Å². The second-order valence-electron chi connectivity index (χ2n) is 8.44. The molecule has 4 rings (SSSR count). The molecule has 3 fully saturated rings. The lowest BCUT2D eigenvalue weighted by molar-refractivity contribution is -0.123. The first kappa shape index (κ1) is 18.8. The van der Waals surface area contributed by atoms with Gasteiger partial charge in [-0.25, -0.2) is 0 Å². The van der Waals surface area contributed by atoms with Crippen molar-refractivity contribution in [3.8, 4) is 5.75 Å². The minimum absolute atomic E-state index is 0.0224. The number of amides is 1. The van der Waals surface area contributed by atoms with Crippen molar-refractivity contribution in [3.63, 3.8) is 0 Å². The zero-order valence-electron chi connectivity index (χ0n) is 16.3. The zero-order chi connectivity index (χ0) is 18.7. The highest BCUT2D eigenvalue weighted by molar-refractivity contribution is 5.82. The number of hydrogen-bond donors (Lipinski definition) is 2. The van der Waals surface area contributed by atoms with E-state index in [0.717, 1.165) is 38.2 Å². The van der Waals surface area contributed by atoms with Crippen molar-refractivity contribution < 1.29 is 14.3 Å². The van der Waals surface area contributed by atoms with Gasteiger partial charge in [0.15, 0.2) is 0 Å². The Labute approximate surface area is 162 Å². The zero-order valence-corrected chi connectivity index (χ0v) is 16.3. The molecular formula is C22H32N2O3. The third-order valence-electron chi connectivity index (χ3n) is 6.93. The van der Waals surface area contributed by atoms with Crippen LogP contribution in [0.5, 0.6) is 5.75 Å². The third-order valence-corrected chi connectivity index (χ3v) is 6.93. The molecule has 3 unspecified atom stereocenters. The lowest BCUT2D eigenvalue weighted by Gasteiger charge is -2.38. The Hall–Kier alpha value is -1.59. The van der Waals surface area contributed by atoms with E-state index in [9.17, 15) is 4.79 Å². The summed E-state index contributed by atoms with van der Waals surface area (Å²) in [6.45, 7) is 2.16. The first-order valence-electron chi connectivity index (χ1n) is 10.5. The number of methoxy groups -OCH3 is 1. The van der Waals surface area contributed by atoms with Crippen LogP contribution < -0.4 is 15.4 Å². The topological polar surface area (TPSA) is 59.6 Å². The average molecular weight is 373 g/mol. The SMILES string of the molecule is COc1ccc(C2(CNC(=O)C3CC4CCCCC4N3)CCOCC2)cc1. The molecule has 1 amide bonds. The van der Waals surface area contributed by atoms with Crippen molar-refractivity contribution in [2.45, 2.75) is 62.4 Å². The molecule has 148 valence electrons. The van der Waals surface area contributed by atoms with E-state index in [2.05, 4.69) is 22.8 Å². The van der Waals surface area contributed by atoms with Gasteiger partial charge in [0.2, 0.25) is 5.91 Å². The standard InChI is InChI=1S/C22H32N2O3/c1-26-18-8-6-17(7-9-18)22(10-12-27-13-11-22)15-23-21(25)20-14-16-4-2-3-5-19(16)24-20/h6-9,16,19-20,24H,2-5,10-15H2,1H3,(H,23,25). The molecule has 2 N–H and O–H groups in total. The molecule has 1 saturated carbocycles. The van der Waals surface area contributed by atoms with E-state index in [1.807, 2.05) is 12.1 Å². The number of nitrogens with one attached hydrogen (secondary N) is 2. The summed E-state index contributed by atoms with van der Waals surface area (Å²) in [6, 6.07) is 8.82. The first-order chi connectivity index (χ1) is 13.2. The number of carbonyl (C=O) groups excluding carboxylic acids is 1. The normalized spacial score (nSPS) is 29.7. The Balaban J connectivity index is 1.42. The minimum atomic E-state index is -0.0501. The molecule has 1 aromatic carbocycles. The summed E-state index contributed by atoms with van der Waals surface area (Å²) in [4.78, 5) is 12.9. The lowest BCUT2D eigenvalue weighted by atomic mass is 9.74. The average Bonchev–Trinajstić information content (AvgIpc) is 3.17. The summed E-state index contributed by atoms with van der Waals surface area (Å²) >= 11 is 0. The summed E-state index contributed by atoms with van der Waals surface area (Å²) < 4.78 is 10.9. The molecule has 2 aliphatic heterocycles. The molecule has 0 aromatic heterocycles. The van der Waals surface area contributed by atoms with Crippen LogP contribution in [0.1, 0.15) is 50.5 Å². The van der Waals surface area contributed by atoms with Crippen LogP contribution in [0.15, 0.2) is 24.3 Å². The van der Waals surface area contributed by atoms with E-state index in [1.54, 1.807) is 7.11 Å². The maximum atomic E-state index is 12.9. The number of rotatable bonds is 5. The third kappa shape index (κ3) is 3.99. The summed E-state index contributed by atoms with van der Waals surface area (Å²) in [5.41, 5.74) is 1.21. The lowest BCUT2D eigenvalue weighted by Crippen LogP contribution is -2.49. The maximum absolute atomic E-state index is 12.9. The van der Waals surface area contributed by atoms with Gasteiger partial charge in [-0.15, -0.1) is 0 Å². The van der Waals surface area contributed by atoms with Crippen molar-refractivity contribution in [1.82, 2.24) is 10.6 Å². The molecule has 0 radical (unpaired) electrons.